The van der Waals surface area contributed by atoms with Crippen molar-refractivity contribution in [3.63, 3.8) is 0 Å². The van der Waals surface area contributed by atoms with Gasteiger partial charge in [0.25, 0.3) is 0 Å². The lowest BCUT2D eigenvalue weighted by atomic mass is 9.88. The van der Waals surface area contributed by atoms with E-state index in [1.54, 1.807) is 10.9 Å². The smallest absolute Gasteiger partial charge is 0.183 e. The lowest BCUT2D eigenvalue weighted by molar-refractivity contribution is -0.168. The fourth-order valence-corrected chi connectivity index (χ4v) is 4.09. The van der Waals surface area contributed by atoms with Gasteiger partial charge in [-0.15, -0.1) is 0 Å². The zero-order chi connectivity index (χ0) is 14.9. The average molecular weight is 307 g/mol. The Morgan fingerprint density at radius 3 is 2.91 bits per heavy atom. The Labute approximate surface area is 130 Å². The third kappa shape index (κ3) is 2.69. The van der Waals surface area contributed by atoms with Gasteiger partial charge in [-0.05, 0) is 31.4 Å². The molecule has 22 heavy (non-hydrogen) atoms. The maximum absolute atomic E-state index is 10.8. The number of aliphatic hydroxyl groups is 1. The molecule has 2 saturated heterocycles. The van der Waals surface area contributed by atoms with Crippen LogP contribution in [0.15, 0.2) is 18.5 Å². The van der Waals surface area contributed by atoms with E-state index in [-0.39, 0.29) is 18.2 Å². The van der Waals surface area contributed by atoms with Gasteiger partial charge in [-0.3, -0.25) is 4.68 Å². The normalized spacial score (nSPS) is 39.2. The van der Waals surface area contributed by atoms with Crippen LogP contribution in [0.2, 0.25) is 0 Å². The number of fused-ring (bicyclic) bond motifs is 2. The van der Waals surface area contributed by atoms with Crippen LogP contribution in [0.5, 0.6) is 0 Å². The van der Waals surface area contributed by atoms with Gasteiger partial charge in [-0.25, -0.2) is 0 Å². The third-order valence-corrected chi connectivity index (χ3v) is 5.33. The Morgan fingerprint density at radius 1 is 1.27 bits per heavy atom. The standard InChI is InChI=1S/C16H25N3O3/c20-15-13(17-9-11-5-2-1-3-6-11)12-10-21-16(22-12)14(15)19-8-4-7-18-19/h4,7-8,11-17,20H,1-3,5-6,9-10H2/t12-,13-,14-,15+,16-/m1/s1. The van der Waals surface area contributed by atoms with Gasteiger partial charge in [-0.2, -0.15) is 5.10 Å². The van der Waals surface area contributed by atoms with Crippen LogP contribution in [-0.2, 0) is 9.47 Å². The summed E-state index contributed by atoms with van der Waals surface area (Å²) in [6.07, 6.45) is 9.20. The largest absolute Gasteiger partial charge is 0.389 e. The first-order chi connectivity index (χ1) is 10.8. The van der Waals surface area contributed by atoms with Crippen LogP contribution in [0.1, 0.15) is 38.1 Å². The molecular weight excluding hydrogens is 282 g/mol. The summed E-state index contributed by atoms with van der Waals surface area (Å²) >= 11 is 0. The zero-order valence-corrected chi connectivity index (χ0v) is 12.8. The SMILES string of the molecule is O[C@H]1[C@H](NCC2CCCCC2)[C@H]2CO[C@H](O2)[C@@H]1n1cccn1. The van der Waals surface area contributed by atoms with Gasteiger partial charge < -0.3 is 19.9 Å². The summed E-state index contributed by atoms with van der Waals surface area (Å²) in [6.45, 7) is 1.50. The molecule has 3 aliphatic rings. The second-order valence-electron chi connectivity index (χ2n) is 6.78. The van der Waals surface area contributed by atoms with Crippen LogP contribution >= 0.6 is 0 Å². The highest BCUT2D eigenvalue weighted by molar-refractivity contribution is 5.00. The molecule has 0 aromatic carbocycles. The van der Waals surface area contributed by atoms with Crippen molar-refractivity contribution >= 4 is 0 Å². The highest BCUT2D eigenvalue weighted by atomic mass is 16.7. The first-order valence-electron chi connectivity index (χ1n) is 8.50. The molecule has 6 nitrogen and oxygen atoms in total. The van der Waals surface area contributed by atoms with Crippen LogP contribution in [0.25, 0.3) is 0 Å². The van der Waals surface area contributed by atoms with Crippen molar-refractivity contribution in [2.45, 2.75) is 62.7 Å². The monoisotopic (exact) mass is 307 g/mol. The molecule has 4 rings (SSSR count). The second-order valence-corrected chi connectivity index (χ2v) is 6.78. The third-order valence-electron chi connectivity index (χ3n) is 5.33. The zero-order valence-electron chi connectivity index (χ0n) is 12.8. The first-order valence-corrected chi connectivity index (χ1v) is 8.50. The number of nitrogens with one attached hydrogen (secondary N) is 1. The van der Waals surface area contributed by atoms with E-state index >= 15 is 0 Å². The van der Waals surface area contributed by atoms with Gasteiger partial charge in [0.1, 0.15) is 12.1 Å². The van der Waals surface area contributed by atoms with Gasteiger partial charge in [0.15, 0.2) is 6.29 Å². The van der Waals surface area contributed by atoms with Crippen LogP contribution in [0, 0.1) is 5.92 Å². The number of hydrogen-bond acceptors (Lipinski definition) is 5. The predicted molar refractivity (Wildman–Crippen MR) is 80.2 cm³/mol. The molecule has 6 heteroatoms. The van der Waals surface area contributed by atoms with E-state index in [2.05, 4.69) is 10.4 Å². The van der Waals surface area contributed by atoms with Crippen molar-refractivity contribution in [1.29, 1.82) is 0 Å². The number of hydrogen-bond donors (Lipinski definition) is 2. The molecule has 5 atom stereocenters. The highest BCUT2D eigenvalue weighted by Crippen LogP contribution is 2.35. The van der Waals surface area contributed by atoms with E-state index in [1.807, 2.05) is 12.3 Å². The second kappa shape index (κ2) is 6.28. The van der Waals surface area contributed by atoms with Gasteiger partial charge in [0, 0.05) is 12.4 Å². The molecule has 1 saturated carbocycles. The quantitative estimate of drug-likeness (QED) is 0.871. The molecule has 0 amide bonds. The summed E-state index contributed by atoms with van der Waals surface area (Å²) in [7, 11) is 0. The van der Waals surface area contributed by atoms with E-state index in [0.29, 0.717) is 6.61 Å². The van der Waals surface area contributed by atoms with Crippen molar-refractivity contribution in [1.82, 2.24) is 15.1 Å². The van der Waals surface area contributed by atoms with E-state index in [4.69, 9.17) is 9.47 Å². The van der Waals surface area contributed by atoms with Gasteiger partial charge in [0.2, 0.25) is 0 Å². The number of ether oxygens (including phenoxy) is 2. The Hall–Kier alpha value is -0.950. The summed E-state index contributed by atoms with van der Waals surface area (Å²) in [5, 5.41) is 18.7. The predicted octanol–water partition coefficient (Wildman–Crippen LogP) is 1.08. The molecule has 0 radical (unpaired) electrons. The van der Waals surface area contributed by atoms with E-state index in [1.165, 1.54) is 32.1 Å². The summed E-state index contributed by atoms with van der Waals surface area (Å²) < 4.78 is 13.4. The molecule has 2 aliphatic heterocycles. The first kappa shape index (κ1) is 14.6. The summed E-state index contributed by atoms with van der Waals surface area (Å²) in [5.74, 6) is 0.726. The fraction of sp³-hybridized carbons (Fsp3) is 0.812. The lowest BCUT2D eigenvalue weighted by Gasteiger charge is -2.39. The maximum Gasteiger partial charge on any atom is 0.183 e. The Kier molecular flexibility index (Phi) is 4.17. The Bertz CT molecular complexity index is 475. The van der Waals surface area contributed by atoms with Crippen LogP contribution in [0.4, 0.5) is 0 Å². The fourth-order valence-electron chi connectivity index (χ4n) is 4.09. The minimum absolute atomic E-state index is 0.0598. The average Bonchev–Trinajstić information content (AvgIpc) is 3.20. The van der Waals surface area contributed by atoms with Crippen molar-refractivity contribution in [3.8, 4) is 0 Å². The van der Waals surface area contributed by atoms with E-state index < -0.39 is 12.4 Å². The number of aliphatic hydroxyl groups excluding tert-OH is 1. The number of nitrogens with zero attached hydrogens (tertiary/aromatic N) is 2. The van der Waals surface area contributed by atoms with Crippen molar-refractivity contribution in [3.05, 3.63) is 18.5 Å². The Balaban J connectivity index is 1.44. The van der Waals surface area contributed by atoms with Crippen molar-refractivity contribution in [2.75, 3.05) is 13.2 Å². The lowest BCUT2D eigenvalue weighted by Crippen LogP contribution is -2.58. The molecule has 1 aromatic heterocycles. The van der Waals surface area contributed by atoms with Gasteiger partial charge in [0.05, 0.1) is 18.8 Å². The molecule has 1 aromatic rings. The molecule has 3 heterocycles. The topological polar surface area (TPSA) is 68.5 Å². The Morgan fingerprint density at radius 2 is 2.14 bits per heavy atom. The van der Waals surface area contributed by atoms with Gasteiger partial charge >= 0.3 is 0 Å². The van der Waals surface area contributed by atoms with Crippen LogP contribution in [-0.4, -0.2) is 52.6 Å². The molecule has 2 bridgehead atoms. The number of rotatable bonds is 4. The van der Waals surface area contributed by atoms with Gasteiger partial charge in [-0.1, -0.05) is 19.3 Å². The maximum atomic E-state index is 10.8. The molecule has 1 aliphatic carbocycles. The molecule has 122 valence electrons. The van der Waals surface area contributed by atoms with E-state index in [0.717, 1.165) is 12.5 Å². The summed E-state index contributed by atoms with van der Waals surface area (Å²) in [4.78, 5) is 0. The van der Waals surface area contributed by atoms with Crippen molar-refractivity contribution < 1.29 is 14.6 Å². The summed E-state index contributed by atoms with van der Waals surface area (Å²) in [5.41, 5.74) is 0. The molecule has 0 unspecified atom stereocenters. The minimum Gasteiger partial charge on any atom is -0.389 e. The highest BCUT2D eigenvalue weighted by Gasteiger charge is 2.51. The molecule has 2 N–H and O–H groups in total. The molecular formula is C16H25N3O3. The minimum atomic E-state index is -0.547. The van der Waals surface area contributed by atoms with E-state index in [9.17, 15) is 5.11 Å². The van der Waals surface area contributed by atoms with Crippen LogP contribution in [0.3, 0.4) is 0 Å². The number of aromatic nitrogens is 2. The van der Waals surface area contributed by atoms with Crippen molar-refractivity contribution in [2.24, 2.45) is 5.92 Å². The van der Waals surface area contributed by atoms with Crippen LogP contribution < -0.4 is 5.32 Å². The molecule has 0 spiro atoms. The molecule has 3 fully saturated rings. The summed E-state index contributed by atoms with van der Waals surface area (Å²) in [6, 6.07) is 1.49.